The van der Waals surface area contributed by atoms with Gasteiger partial charge in [0, 0.05) is 0 Å². The third-order valence-electron chi connectivity index (χ3n) is 5.14. The van der Waals surface area contributed by atoms with Crippen LogP contribution in [0.15, 0.2) is 18.2 Å². The quantitative estimate of drug-likeness (QED) is 0.466. The van der Waals surface area contributed by atoms with Crippen LogP contribution in [0.5, 0.6) is 0 Å². The highest BCUT2D eigenvalue weighted by molar-refractivity contribution is 5.38. The highest BCUT2D eigenvalue weighted by Crippen LogP contribution is 2.43. The Kier molecular flexibility index (Phi) is 6.33. The van der Waals surface area contributed by atoms with Crippen LogP contribution in [0, 0.1) is 5.92 Å². The fourth-order valence-electron chi connectivity index (χ4n) is 3.79. The molecule has 1 aromatic carbocycles. The van der Waals surface area contributed by atoms with Gasteiger partial charge in [-0.15, -0.1) is 0 Å². The summed E-state index contributed by atoms with van der Waals surface area (Å²) in [6.45, 7) is 9.40. The summed E-state index contributed by atoms with van der Waals surface area (Å²) in [6, 6.07) is 7.47. The molecule has 1 saturated carbocycles. The summed E-state index contributed by atoms with van der Waals surface area (Å²) in [4.78, 5) is 0. The molecule has 1 aromatic rings. The summed E-state index contributed by atoms with van der Waals surface area (Å²) in [5.41, 5.74) is 4.92. The van der Waals surface area contributed by atoms with E-state index in [2.05, 4.69) is 45.9 Å². The van der Waals surface area contributed by atoms with Crippen LogP contribution in [-0.4, -0.2) is 0 Å². The van der Waals surface area contributed by atoms with Crippen LogP contribution >= 0.6 is 0 Å². The monoisotopic (exact) mass is 286 g/mol. The predicted octanol–water partition coefficient (Wildman–Crippen LogP) is 6.84. The zero-order valence-corrected chi connectivity index (χ0v) is 14.6. The molecule has 2 rings (SSSR count). The van der Waals surface area contributed by atoms with Crippen molar-refractivity contribution in [1.29, 1.82) is 0 Å². The molecule has 1 aliphatic carbocycles. The van der Waals surface area contributed by atoms with Gasteiger partial charge in [0.1, 0.15) is 0 Å². The molecular weight excluding hydrogens is 252 g/mol. The molecule has 118 valence electrons. The molecule has 0 heteroatoms. The molecule has 1 fully saturated rings. The van der Waals surface area contributed by atoms with Gasteiger partial charge in [0.15, 0.2) is 0 Å². The summed E-state index contributed by atoms with van der Waals surface area (Å²) >= 11 is 0. The van der Waals surface area contributed by atoms with Gasteiger partial charge in [-0.1, -0.05) is 65.2 Å². The minimum Gasteiger partial charge on any atom is -0.0654 e. The Morgan fingerprint density at radius 1 is 1.10 bits per heavy atom. The maximum Gasteiger partial charge on any atom is -0.0159 e. The van der Waals surface area contributed by atoms with Crippen molar-refractivity contribution in [2.75, 3.05) is 0 Å². The van der Waals surface area contributed by atoms with Gasteiger partial charge in [-0.25, -0.2) is 0 Å². The van der Waals surface area contributed by atoms with Crippen LogP contribution in [0.25, 0.3) is 0 Å². The van der Waals surface area contributed by atoms with E-state index in [1.807, 2.05) is 0 Å². The molecule has 2 unspecified atom stereocenters. The number of hydrogen-bond donors (Lipinski definition) is 0. The predicted molar refractivity (Wildman–Crippen MR) is 94.1 cm³/mol. The van der Waals surface area contributed by atoms with Gasteiger partial charge in [-0.2, -0.15) is 0 Å². The topological polar surface area (TPSA) is 0 Å². The lowest BCUT2D eigenvalue weighted by molar-refractivity contribution is 0.428. The standard InChI is InChI=1S/C21H34/c1-5-8-16(4)14-17(7-3)19-12-13-21(18-10-11-18)20(15-19)9-6-2/h12-13,15-18H,5-11,14H2,1-4H3. The van der Waals surface area contributed by atoms with E-state index < -0.39 is 0 Å². The lowest BCUT2D eigenvalue weighted by atomic mass is 9.84. The summed E-state index contributed by atoms with van der Waals surface area (Å²) in [5.74, 6) is 2.51. The summed E-state index contributed by atoms with van der Waals surface area (Å²) in [6.07, 6.45) is 10.7. The highest BCUT2D eigenvalue weighted by atomic mass is 14.3. The fourth-order valence-corrected chi connectivity index (χ4v) is 3.79. The summed E-state index contributed by atoms with van der Waals surface area (Å²) in [7, 11) is 0. The average Bonchev–Trinajstić information content (AvgIpc) is 3.30. The van der Waals surface area contributed by atoms with Crippen molar-refractivity contribution in [3.63, 3.8) is 0 Å². The Bertz CT molecular complexity index is 428. The first-order valence-corrected chi connectivity index (χ1v) is 9.32. The zero-order chi connectivity index (χ0) is 15.2. The minimum absolute atomic E-state index is 0.760. The maximum absolute atomic E-state index is 2.56. The van der Waals surface area contributed by atoms with Crippen LogP contribution in [0.2, 0.25) is 0 Å². The largest absolute Gasteiger partial charge is 0.0654 e. The molecule has 0 aromatic heterocycles. The molecule has 0 nitrogen and oxygen atoms in total. The second-order valence-corrected chi connectivity index (χ2v) is 7.22. The third-order valence-corrected chi connectivity index (χ3v) is 5.14. The smallest absolute Gasteiger partial charge is 0.0159 e. The molecule has 0 aliphatic heterocycles. The van der Waals surface area contributed by atoms with Crippen molar-refractivity contribution in [1.82, 2.24) is 0 Å². The van der Waals surface area contributed by atoms with Gasteiger partial charge >= 0.3 is 0 Å². The minimum atomic E-state index is 0.760. The number of benzene rings is 1. The van der Waals surface area contributed by atoms with Crippen LogP contribution in [-0.2, 0) is 6.42 Å². The van der Waals surface area contributed by atoms with E-state index in [1.165, 1.54) is 51.4 Å². The highest BCUT2D eigenvalue weighted by Gasteiger charge is 2.26. The van der Waals surface area contributed by atoms with Crippen LogP contribution in [0.3, 0.4) is 0 Å². The first kappa shape index (κ1) is 16.6. The molecule has 0 saturated heterocycles. The van der Waals surface area contributed by atoms with Crippen molar-refractivity contribution in [3.05, 3.63) is 34.9 Å². The lowest BCUT2D eigenvalue weighted by Crippen LogP contribution is -2.06. The molecule has 0 spiro atoms. The SMILES string of the molecule is CCCc1cc(C(CC)CC(C)CCC)ccc1C1CC1. The average molecular weight is 287 g/mol. The van der Waals surface area contributed by atoms with Gasteiger partial charge < -0.3 is 0 Å². The van der Waals surface area contributed by atoms with E-state index in [1.54, 1.807) is 16.7 Å². The molecule has 0 radical (unpaired) electrons. The van der Waals surface area contributed by atoms with Crippen molar-refractivity contribution in [2.45, 2.75) is 90.9 Å². The second-order valence-electron chi connectivity index (χ2n) is 7.22. The van der Waals surface area contributed by atoms with Crippen molar-refractivity contribution in [2.24, 2.45) is 5.92 Å². The van der Waals surface area contributed by atoms with Crippen molar-refractivity contribution < 1.29 is 0 Å². The Hall–Kier alpha value is -0.780. The van der Waals surface area contributed by atoms with Crippen LogP contribution < -0.4 is 0 Å². The van der Waals surface area contributed by atoms with Crippen LogP contribution in [0.4, 0.5) is 0 Å². The van der Waals surface area contributed by atoms with E-state index >= 15 is 0 Å². The number of hydrogen-bond acceptors (Lipinski definition) is 0. The molecule has 1 aliphatic rings. The van der Waals surface area contributed by atoms with Gasteiger partial charge in [0.2, 0.25) is 0 Å². The first-order chi connectivity index (χ1) is 10.2. The molecule has 0 amide bonds. The molecule has 0 N–H and O–H groups in total. The summed E-state index contributed by atoms with van der Waals surface area (Å²) < 4.78 is 0. The zero-order valence-electron chi connectivity index (χ0n) is 14.6. The number of rotatable bonds is 9. The lowest BCUT2D eigenvalue weighted by Gasteiger charge is -2.21. The first-order valence-electron chi connectivity index (χ1n) is 9.32. The van der Waals surface area contributed by atoms with Gasteiger partial charge in [0.25, 0.3) is 0 Å². The molecule has 0 heterocycles. The Balaban J connectivity index is 2.14. The Morgan fingerprint density at radius 2 is 1.86 bits per heavy atom. The number of aryl methyl sites for hydroxylation is 1. The third kappa shape index (κ3) is 4.59. The van der Waals surface area contributed by atoms with Crippen LogP contribution in [0.1, 0.15) is 101 Å². The van der Waals surface area contributed by atoms with E-state index in [4.69, 9.17) is 0 Å². The van der Waals surface area contributed by atoms with Crippen molar-refractivity contribution in [3.8, 4) is 0 Å². The van der Waals surface area contributed by atoms with E-state index in [9.17, 15) is 0 Å². The maximum atomic E-state index is 2.56. The fraction of sp³-hybridized carbons (Fsp3) is 0.714. The molecule has 0 bridgehead atoms. The molecule has 2 atom stereocenters. The van der Waals surface area contributed by atoms with E-state index in [-0.39, 0.29) is 0 Å². The molecular formula is C21H34. The van der Waals surface area contributed by atoms with E-state index in [0.717, 1.165) is 17.8 Å². The van der Waals surface area contributed by atoms with Gasteiger partial charge in [-0.3, -0.25) is 0 Å². The van der Waals surface area contributed by atoms with Gasteiger partial charge in [0.05, 0.1) is 0 Å². The summed E-state index contributed by atoms with van der Waals surface area (Å²) in [5, 5.41) is 0. The Labute approximate surface area is 132 Å². The molecule has 21 heavy (non-hydrogen) atoms. The Morgan fingerprint density at radius 3 is 2.43 bits per heavy atom. The van der Waals surface area contributed by atoms with E-state index in [0.29, 0.717) is 0 Å². The second kappa shape index (κ2) is 8.01. The normalized spacial score (nSPS) is 17.7. The van der Waals surface area contributed by atoms with Gasteiger partial charge in [-0.05, 0) is 66.5 Å². The van der Waals surface area contributed by atoms with Crippen molar-refractivity contribution >= 4 is 0 Å².